The first-order valence-corrected chi connectivity index (χ1v) is 8.97. The molecular weight excluding hydrogens is 326 g/mol. The minimum atomic E-state index is -0.101. The Balaban J connectivity index is 1.41. The molecule has 4 rings (SSSR count). The van der Waals surface area contributed by atoms with Gasteiger partial charge in [0, 0.05) is 11.4 Å². The van der Waals surface area contributed by atoms with Gasteiger partial charge in [0.15, 0.2) is 5.82 Å². The first kappa shape index (κ1) is 15.5. The van der Waals surface area contributed by atoms with E-state index in [1.54, 1.807) is 17.7 Å². The molecule has 7 nitrogen and oxygen atoms in total. The van der Waals surface area contributed by atoms with Crippen LogP contribution in [0.3, 0.4) is 0 Å². The smallest absolute Gasteiger partial charge is 0.255 e. The van der Waals surface area contributed by atoms with Gasteiger partial charge >= 0.3 is 0 Å². The van der Waals surface area contributed by atoms with Crippen LogP contribution >= 0.6 is 11.3 Å². The van der Waals surface area contributed by atoms with Crippen molar-refractivity contribution in [3.8, 4) is 0 Å². The van der Waals surface area contributed by atoms with Crippen LogP contribution in [0.15, 0.2) is 16.9 Å². The topological polar surface area (TPSA) is 86.0 Å². The molecule has 0 aliphatic carbocycles. The fraction of sp³-hybridized carbons (Fsp3) is 0.500. The molecule has 1 N–H and O–H groups in total. The van der Waals surface area contributed by atoms with Gasteiger partial charge in [0.1, 0.15) is 23.1 Å². The molecule has 24 heavy (non-hydrogen) atoms. The number of nitrogens with one attached hydrogen (secondary N) is 1. The van der Waals surface area contributed by atoms with Gasteiger partial charge in [0.25, 0.3) is 5.89 Å². The Morgan fingerprint density at radius 2 is 2.25 bits per heavy atom. The maximum atomic E-state index is 6.02. The van der Waals surface area contributed by atoms with Crippen molar-refractivity contribution in [3.05, 3.63) is 29.0 Å². The number of hydrogen-bond acceptors (Lipinski definition) is 8. The van der Waals surface area contributed by atoms with Crippen molar-refractivity contribution in [2.45, 2.75) is 45.3 Å². The van der Waals surface area contributed by atoms with E-state index in [0.717, 1.165) is 35.3 Å². The van der Waals surface area contributed by atoms with Crippen molar-refractivity contribution in [3.63, 3.8) is 0 Å². The van der Waals surface area contributed by atoms with Gasteiger partial charge in [-0.2, -0.15) is 4.98 Å². The maximum Gasteiger partial charge on any atom is 0.255 e. The van der Waals surface area contributed by atoms with Crippen molar-refractivity contribution in [1.82, 2.24) is 20.1 Å². The fourth-order valence-electron chi connectivity index (χ4n) is 2.91. The van der Waals surface area contributed by atoms with E-state index in [9.17, 15) is 0 Å². The molecule has 0 unspecified atom stereocenters. The highest BCUT2D eigenvalue weighted by atomic mass is 32.1. The van der Waals surface area contributed by atoms with Crippen molar-refractivity contribution in [2.75, 3.05) is 11.9 Å². The molecule has 1 saturated heterocycles. The summed E-state index contributed by atoms with van der Waals surface area (Å²) in [6.45, 7) is 4.66. The van der Waals surface area contributed by atoms with E-state index in [4.69, 9.17) is 9.26 Å². The molecule has 1 fully saturated rings. The largest absolute Gasteiger partial charge is 0.367 e. The van der Waals surface area contributed by atoms with E-state index in [-0.39, 0.29) is 12.2 Å². The summed E-state index contributed by atoms with van der Waals surface area (Å²) in [4.78, 5) is 15.3. The van der Waals surface area contributed by atoms with Crippen LogP contribution in [-0.2, 0) is 11.2 Å². The Morgan fingerprint density at radius 1 is 1.33 bits per heavy atom. The van der Waals surface area contributed by atoms with E-state index in [1.807, 2.05) is 6.92 Å². The molecule has 0 radical (unpaired) electrons. The van der Waals surface area contributed by atoms with Gasteiger partial charge in [-0.25, -0.2) is 9.97 Å². The molecule has 0 saturated carbocycles. The minimum absolute atomic E-state index is 0.101. The highest BCUT2D eigenvalue weighted by Gasteiger charge is 2.30. The van der Waals surface area contributed by atoms with Gasteiger partial charge in [0.05, 0.1) is 11.5 Å². The minimum Gasteiger partial charge on any atom is -0.367 e. The quantitative estimate of drug-likeness (QED) is 0.759. The molecule has 8 heteroatoms. The molecule has 0 aromatic carbocycles. The Morgan fingerprint density at radius 3 is 3.04 bits per heavy atom. The predicted molar refractivity (Wildman–Crippen MR) is 91.2 cm³/mol. The second kappa shape index (κ2) is 6.45. The van der Waals surface area contributed by atoms with E-state index >= 15 is 0 Å². The molecule has 0 amide bonds. The zero-order valence-corrected chi connectivity index (χ0v) is 14.5. The van der Waals surface area contributed by atoms with Crippen LogP contribution in [-0.4, -0.2) is 32.8 Å². The van der Waals surface area contributed by atoms with E-state index in [2.05, 4.69) is 38.4 Å². The Labute approximate surface area is 143 Å². The average molecular weight is 345 g/mol. The molecule has 4 heterocycles. The van der Waals surface area contributed by atoms with Gasteiger partial charge in [-0.3, -0.25) is 0 Å². The summed E-state index contributed by atoms with van der Waals surface area (Å²) in [6.07, 6.45) is 4.48. The number of anilines is 1. The zero-order chi connectivity index (χ0) is 16.5. The molecule has 1 aliphatic heterocycles. The summed E-state index contributed by atoms with van der Waals surface area (Å²) in [5.74, 6) is 2.09. The van der Waals surface area contributed by atoms with Crippen molar-refractivity contribution < 1.29 is 9.26 Å². The molecular formula is C16H19N5O2S. The number of rotatable bonds is 5. The molecule has 126 valence electrons. The van der Waals surface area contributed by atoms with Crippen LogP contribution in [0.1, 0.15) is 42.5 Å². The number of ether oxygens (including phenoxy) is 1. The Bertz CT molecular complexity index is 846. The van der Waals surface area contributed by atoms with Crippen LogP contribution in [0.25, 0.3) is 10.2 Å². The molecule has 3 aromatic rings. The van der Waals surface area contributed by atoms with Crippen LogP contribution in [0.5, 0.6) is 0 Å². The number of aryl methyl sites for hydroxylation is 2. The third-order valence-corrected chi connectivity index (χ3v) is 5.34. The lowest BCUT2D eigenvalue weighted by atomic mass is 10.2. The number of fused-ring (bicyclic) bond motifs is 1. The third kappa shape index (κ3) is 2.99. The SMILES string of the molecule is CCc1cc2c(NC[C@H]3CC[C@@H](c4nc(C)no4)O3)ncnc2s1. The van der Waals surface area contributed by atoms with Crippen molar-refractivity contribution >= 4 is 27.4 Å². The van der Waals surface area contributed by atoms with Crippen LogP contribution in [0.4, 0.5) is 5.82 Å². The van der Waals surface area contributed by atoms with Crippen LogP contribution < -0.4 is 5.32 Å². The van der Waals surface area contributed by atoms with Gasteiger partial charge in [-0.05, 0) is 32.3 Å². The average Bonchev–Trinajstić information content (AvgIpc) is 3.31. The van der Waals surface area contributed by atoms with Crippen LogP contribution in [0.2, 0.25) is 0 Å². The second-order valence-corrected chi connectivity index (χ2v) is 7.01. The van der Waals surface area contributed by atoms with Gasteiger partial charge < -0.3 is 14.6 Å². The molecule has 0 spiro atoms. The lowest BCUT2D eigenvalue weighted by Crippen LogP contribution is -2.19. The molecule has 0 bridgehead atoms. The van der Waals surface area contributed by atoms with E-state index < -0.39 is 0 Å². The van der Waals surface area contributed by atoms with Gasteiger partial charge in [0.2, 0.25) is 0 Å². The zero-order valence-electron chi connectivity index (χ0n) is 13.7. The first-order chi connectivity index (χ1) is 11.7. The number of thiophene rings is 1. The van der Waals surface area contributed by atoms with Crippen molar-refractivity contribution in [1.29, 1.82) is 0 Å². The van der Waals surface area contributed by atoms with E-state index in [0.29, 0.717) is 18.3 Å². The predicted octanol–water partition coefficient (Wildman–Crippen LogP) is 3.28. The molecule has 1 aliphatic rings. The van der Waals surface area contributed by atoms with E-state index in [1.165, 1.54) is 4.88 Å². The standard InChI is InChI=1S/C16H19N5O2S/c1-3-11-6-12-14(18-8-19-16(12)24-11)17-7-10-4-5-13(22-10)15-20-9(2)21-23-15/h6,8,10,13H,3-5,7H2,1-2H3,(H,17,18,19)/t10-,13+/m1/s1. The number of hydrogen-bond donors (Lipinski definition) is 1. The highest BCUT2D eigenvalue weighted by molar-refractivity contribution is 7.18. The lowest BCUT2D eigenvalue weighted by Gasteiger charge is -2.13. The van der Waals surface area contributed by atoms with Gasteiger partial charge in [-0.1, -0.05) is 12.1 Å². The Kier molecular flexibility index (Phi) is 4.15. The number of aromatic nitrogens is 4. The monoisotopic (exact) mass is 345 g/mol. The summed E-state index contributed by atoms with van der Waals surface area (Å²) in [5, 5.41) is 8.32. The number of nitrogens with zero attached hydrogens (tertiary/aromatic N) is 4. The lowest BCUT2D eigenvalue weighted by molar-refractivity contribution is 0.0326. The highest BCUT2D eigenvalue weighted by Crippen LogP contribution is 2.33. The second-order valence-electron chi connectivity index (χ2n) is 5.89. The van der Waals surface area contributed by atoms with Crippen LogP contribution in [0, 0.1) is 6.92 Å². The molecule has 3 aromatic heterocycles. The van der Waals surface area contributed by atoms with Crippen molar-refractivity contribution in [2.24, 2.45) is 0 Å². The summed E-state index contributed by atoms with van der Waals surface area (Å²) in [7, 11) is 0. The Hall–Kier alpha value is -2.06. The summed E-state index contributed by atoms with van der Waals surface area (Å²) in [5.41, 5.74) is 0. The first-order valence-electron chi connectivity index (χ1n) is 8.16. The van der Waals surface area contributed by atoms with Gasteiger partial charge in [-0.15, -0.1) is 11.3 Å². The third-order valence-electron chi connectivity index (χ3n) is 4.15. The summed E-state index contributed by atoms with van der Waals surface area (Å²) < 4.78 is 11.2. The maximum absolute atomic E-state index is 6.02. The normalized spacial score (nSPS) is 20.8. The fourth-order valence-corrected chi connectivity index (χ4v) is 3.85. The molecule has 2 atom stereocenters. The summed E-state index contributed by atoms with van der Waals surface area (Å²) in [6, 6.07) is 2.17. The summed E-state index contributed by atoms with van der Waals surface area (Å²) >= 11 is 1.72.